The average molecular weight is 272 g/mol. The predicted octanol–water partition coefficient (Wildman–Crippen LogP) is 2.54. The van der Waals surface area contributed by atoms with Gasteiger partial charge < -0.3 is 4.74 Å². The molecule has 0 aliphatic carbocycles. The molecule has 0 bridgehead atoms. The first kappa shape index (κ1) is 13.1. The number of rotatable bonds is 1. The van der Waals surface area contributed by atoms with Gasteiger partial charge in [0.05, 0.1) is 10.7 Å². The van der Waals surface area contributed by atoms with Crippen molar-refractivity contribution < 1.29 is 9.50 Å². The van der Waals surface area contributed by atoms with Crippen LogP contribution in [0.3, 0.4) is 0 Å². The van der Waals surface area contributed by atoms with Crippen molar-refractivity contribution in [3.63, 3.8) is 0 Å². The number of hydrogen-bond acceptors (Lipinski definition) is 4. The summed E-state index contributed by atoms with van der Waals surface area (Å²) in [5.41, 5.74) is 0.297. The normalized spacial score (nSPS) is 26.8. The predicted molar refractivity (Wildman–Crippen MR) is 77.1 cm³/mol. The molecule has 0 N–H and O–H groups in total. The Hall–Kier alpha value is -1.88. The van der Waals surface area contributed by atoms with E-state index in [0.717, 1.165) is 10.3 Å². The highest BCUT2D eigenvalue weighted by molar-refractivity contribution is 6.03. The Morgan fingerprint density at radius 2 is 1.75 bits per heavy atom. The number of amidine groups is 1. The van der Waals surface area contributed by atoms with E-state index in [1.165, 1.54) is 0 Å². The molecule has 5 heteroatoms. The Labute approximate surface area is 117 Å². The number of ether oxygens (including phenoxy) is 1. The molecule has 0 saturated carbocycles. The minimum atomic E-state index is -0.597. The summed E-state index contributed by atoms with van der Waals surface area (Å²) in [7, 11) is 0. The van der Waals surface area contributed by atoms with Crippen molar-refractivity contribution in [2.45, 2.75) is 44.9 Å². The summed E-state index contributed by atoms with van der Waals surface area (Å²) in [5, 5.41) is 8.41. The number of nitroso groups, excluding NO2 is 1. The Morgan fingerprint density at radius 1 is 1.10 bits per heavy atom. The molecule has 0 aromatic heterocycles. The van der Waals surface area contributed by atoms with Crippen LogP contribution in [-0.2, 0) is 4.74 Å². The van der Waals surface area contributed by atoms with Crippen molar-refractivity contribution in [1.82, 2.24) is 0 Å². The van der Waals surface area contributed by atoms with Crippen LogP contribution in [0.25, 0.3) is 0 Å². The first-order valence-electron chi connectivity index (χ1n) is 6.71. The molecule has 104 valence electrons. The number of benzene rings is 1. The van der Waals surface area contributed by atoms with Gasteiger partial charge in [-0.25, -0.2) is 0 Å². The Bertz CT molecular complexity index is 630. The van der Waals surface area contributed by atoms with Gasteiger partial charge in [0.15, 0.2) is 0 Å². The van der Waals surface area contributed by atoms with E-state index in [4.69, 9.17) is 4.74 Å². The number of fused-ring (bicyclic) bond motifs is 1. The van der Waals surface area contributed by atoms with Gasteiger partial charge in [0.2, 0.25) is 6.04 Å². The smallest absolute Gasteiger partial charge is 0.358 e. The Balaban J connectivity index is 2.10. The highest BCUT2D eigenvalue weighted by Gasteiger charge is 2.61. The van der Waals surface area contributed by atoms with Gasteiger partial charge in [0.1, 0.15) is 16.9 Å². The number of hydrogen-bond donors (Lipinski definition) is 0. The quantitative estimate of drug-likeness (QED) is 0.738. The van der Waals surface area contributed by atoms with E-state index in [2.05, 4.69) is 10.2 Å². The molecule has 5 nitrogen and oxygen atoms in total. The summed E-state index contributed by atoms with van der Waals surface area (Å²) >= 11 is 0. The third kappa shape index (κ3) is 1.81. The zero-order valence-corrected chi connectivity index (χ0v) is 12.1. The fraction of sp³-hybridized carbons (Fsp3) is 0.467. The van der Waals surface area contributed by atoms with Crippen molar-refractivity contribution in [2.24, 2.45) is 10.2 Å². The van der Waals surface area contributed by atoms with Gasteiger partial charge in [0, 0.05) is 0 Å². The van der Waals surface area contributed by atoms with Crippen LogP contribution in [-0.4, -0.2) is 33.6 Å². The van der Waals surface area contributed by atoms with E-state index in [9.17, 15) is 4.91 Å². The minimum absolute atomic E-state index is 0.341. The van der Waals surface area contributed by atoms with Crippen molar-refractivity contribution in [2.75, 3.05) is 0 Å². The highest BCUT2D eigenvalue weighted by Crippen LogP contribution is 2.38. The minimum Gasteiger partial charge on any atom is -0.358 e. The van der Waals surface area contributed by atoms with Gasteiger partial charge in [0.25, 0.3) is 0 Å². The second-order valence-electron chi connectivity index (χ2n) is 6.22. The lowest BCUT2D eigenvalue weighted by atomic mass is 9.91. The molecule has 0 spiro atoms. The third-order valence-corrected chi connectivity index (χ3v) is 3.78. The van der Waals surface area contributed by atoms with Crippen LogP contribution < -0.4 is 0 Å². The lowest BCUT2D eigenvalue weighted by Crippen LogP contribution is -2.49. The van der Waals surface area contributed by atoms with Gasteiger partial charge in [-0.2, -0.15) is 0 Å². The lowest BCUT2D eigenvalue weighted by Gasteiger charge is -2.23. The van der Waals surface area contributed by atoms with E-state index in [0.29, 0.717) is 11.5 Å². The van der Waals surface area contributed by atoms with Crippen LogP contribution in [0.5, 0.6) is 0 Å². The molecule has 3 rings (SSSR count). The van der Waals surface area contributed by atoms with Crippen LogP contribution in [0.1, 0.15) is 33.3 Å². The Morgan fingerprint density at radius 3 is 2.40 bits per heavy atom. The Kier molecular flexibility index (Phi) is 2.66. The van der Waals surface area contributed by atoms with Gasteiger partial charge >= 0.3 is 5.84 Å². The molecule has 1 fully saturated rings. The van der Waals surface area contributed by atoms with Crippen LogP contribution in [0.15, 0.2) is 40.5 Å². The molecule has 2 heterocycles. The molecule has 20 heavy (non-hydrogen) atoms. The van der Waals surface area contributed by atoms with Gasteiger partial charge in [-0.05, 0) is 49.7 Å². The van der Waals surface area contributed by atoms with Crippen molar-refractivity contribution in [3.05, 3.63) is 40.8 Å². The number of nitrogens with zero attached hydrogens (tertiary/aromatic N) is 3. The summed E-state index contributed by atoms with van der Waals surface area (Å²) in [6, 6.07) is 8.94. The molecule has 0 radical (unpaired) electrons. The van der Waals surface area contributed by atoms with Crippen LogP contribution >= 0.6 is 0 Å². The van der Waals surface area contributed by atoms with Crippen LogP contribution in [0.4, 0.5) is 0 Å². The topological polar surface area (TPSA) is 54.0 Å². The molecule has 0 amide bonds. The average Bonchev–Trinajstić information content (AvgIpc) is 2.56. The van der Waals surface area contributed by atoms with Crippen molar-refractivity contribution in [3.8, 4) is 0 Å². The highest BCUT2D eigenvalue weighted by atomic mass is 16.5. The molecular formula is C15H18N3O2+. The first-order chi connectivity index (χ1) is 9.33. The summed E-state index contributed by atoms with van der Waals surface area (Å²) in [6.07, 6.45) is 0. The molecule has 1 aromatic rings. The molecule has 1 atom stereocenters. The fourth-order valence-corrected chi connectivity index (χ4v) is 3.03. The zero-order valence-electron chi connectivity index (χ0n) is 12.1. The second-order valence-corrected chi connectivity index (χ2v) is 6.22. The van der Waals surface area contributed by atoms with E-state index in [1.807, 2.05) is 58.0 Å². The van der Waals surface area contributed by atoms with E-state index in [1.54, 1.807) is 0 Å². The van der Waals surface area contributed by atoms with Gasteiger partial charge in [-0.1, -0.05) is 23.1 Å². The zero-order chi connectivity index (χ0) is 14.5. The summed E-state index contributed by atoms with van der Waals surface area (Å²) in [6.45, 7) is 7.68. The van der Waals surface area contributed by atoms with Gasteiger partial charge in [-0.15, -0.1) is 0 Å². The van der Waals surface area contributed by atoms with Crippen LogP contribution in [0, 0.1) is 4.91 Å². The molecule has 1 saturated heterocycles. The fourth-order valence-electron chi connectivity index (χ4n) is 3.03. The SMILES string of the molecule is CC1(C)OC(C)(C)C2C1=NN=C(c1ccccc1)[N+]2=O. The second kappa shape index (κ2) is 4.06. The van der Waals surface area contributed by atoms with E-state index < -0.39 is 17.2 Å². The van der Waals surface area contributed by atoms with Crippen molar-refractivity contribution >= 4 is 11.5 Å². The standard InChI is InChI=1S/C15H18N3O2/c1-14(2)11-12(15(3,4)20-14)18(19)13(17-16-11)10-8-6-5-7-9-10/h5-9,12H,1-4H3/q+1. The van der Waals surface area contributed by atoms with E-state index >= 15 is 0 Å². The molecule has 2 aliphatic rings. The summed E-state index contributed by atoms with van der Waals surface area (Å²) in [4.78, 5) is 12.7. The monoisotopic (exact) mass is 272 g/mol. The maximum atomic E-state index is 12.7. The summed E-state index contributed by atoms with van der Waals surface area (Å²) in [5.74, 6) is 0.341. The van der Waals surface area contributed by atoms with E-state index in [-0.39, 0.29) is 0 Å². The van der Waals surface area contributed by atoms with Crippen LogP contribution in [0.2, 0.25) is 0 Å². The maximum Gasteiger partial charge on any atom is 0.396 e. The van der Waals surface area contributed by atoms with Crippen molar-refractivity contribution in [1.29, 1.82) is 0 Å². The molecule has 2 aliphatic heterocycles. The summed E-state index contributed by atoms with van der Waals surface area (Å²) < 4.78 is 6.93. The molecule has 1 aromatic carbocycles. The van der Waals surface area contributed by atoms with Gasteiger partial charge in [-0.3, -0.25) is 0 Å². The largest absolute Gasteiger partial charge is 0.396 e. The maximum absolute atomic E-state index is 12.7. The third-order valence-electron chi connectivity index (χ3n) is 3.78. The molecular weight excluding hydrogens is 254 g/mol. The lowest BCUT2D eigenvalue weighted by molar-refractivity contribution is -0.475. The first-order valence-corrected chi connectivity index (χ1v) is 6.71. The molecule has 1 unspecified atom stereocenters.